The van der Waals surface area contributed by atoms with Crippen LogP contribution >= 0.6 is 0 Å². The lowest BCUT2D eigenvalue weighted by Gasteiger charge is -2.09. The summed E-state index contributed by atoms with van der Waals surface area (Å²) >= 11 is 0. The van der Waals surface area contributed by atoms with Crippen LogP contribution in [0.4, 0.5) is 5.95 Å². The van der Waals surface area contributed by atoms with Crippen LogP contribution in [-0.4, -0.2) is 9.55 Å². The summed E-state index contributed by atoms with van der Waals surface area (Å²) in [4.78, 5) is 4.46. The van der Waals surface area contributed by atoms with Crippen molar-refractivity contribution < 1.29 is 0 Å². The van der Waals surface area contributed by atoms with E-state index in [-0.39, 0.29) is 0 Å². The minimum atomic E-state index is 0.542. The van der Waals surface area contributed by atoms with E-state index < -0.39 is 0 Å². The molecular weight excluding hydrogens is 258 g/mol. The van der Waals surface area contributed by atoms with Crippen LogP contribution in [0.1, 0.15) is 30.9 Å². The number of hydrogen-bond donors (Lipinski definition) is 1. The number of unbranched alkanes of at least 4 members (excludes halogenated alkanes) is 1. The lowest BCUT2D eigenvalue weighted by Crippen LogP contribution is -2.01. The molecule has 0 unspecified atom stereocenters. The fourth-order valence-corrected chi connectivity index (χ4v) is 2.77. The lowest BCUT2D eigenvalue weighted by atomic mass is 10.1. The maximum Gasteiger partial charge on any atom is 0.205 e. The first-order valence-electron chi connectivity index (χ1n) is 7.53. The standard InChI is InChI=1S/C18H21N3/c1-3-4-7-14-9-11-15(12-10-14)21-17-13(2)6-5-8-16(17)20-18(21)19/h5-6,8-12H,3-4,7H2,1-2H3,(H2,19,20). The van der Waals surface area contributed by atoms with Crippen molar-refractivity contribution in [3.63, 3.8) is 0 Å². The van der Waals surface area contributed by atoms with Crippen LogP contribution in [-0.2, 0) is 6.42 Å². The molecule has 0 aliphatic heterocycles. The van der Waals surface area contributed by atoms with E-state index >= 15 is 0 Å². The van der Waals surface area contributed by atoms with E-state index in [1.165, 1.54) is 24.0 Å². The Bertz CT molecular complexity index is 754. The number of rotatable bonds is 4. The monoisotopic (exact) mass is 279 g/mol. The fraction of sp³-hybridized carbons (Fsp3) is 0.278. The molecule has 108 valence electrons. The summed E-state index contributed by atoms with van der Waals surface area (Å²) in [7, 11) is 0. The molecule has 0 spiro atoms. The number of fused-ring (bicyclic) bond motifs is 1. The first kappa shape index (κ1) is 13.7. The molecule has 3 aromatic rings. The largest absolute Gasteiger partial charge is 0.369 e. The number of aromatic nitrogens is 2. The highest BCUT2D eigenvalue weighted by Crippen LogP contribution is 2.25. The highest BCUT2D eigenvalue weighted by Gasteiger charge is 2.11. The molecule has 2 aromatic carbocycles. The van der Waals surface area contributed by atoms with E-state index in [9.17, 15) is 0 Å². The number of benzene rings is 2. The maximum absolute atomic E-state index is 6.12. The number of nitrogens with zero attached hydrogens (tertiary/aromatic N) is 2. The Kier molecular flexibility index (Phi) is 3.65. The maximum atomic E-state index is 6.12. The Morgan fingerprint density at radius 2 is 1.86 bits per heavy atom. The van der Waals surface area contributed by atoms with Gasteiger partial charge in [0, 0.05) is 5.69 Å². The van der Waals surface area contributed by atoms with Crippen molar-refractivity contribution in [2.45, 2.75) is 33.1 Å². The molecule has 1 aromatic heterocycles. The van der Waals surface area contributed by atoms with Gasteiger partial charge in [-0.1, -0.05) is 37.6 Å². The van der Waals surface area contributed by atoms with Crippen molar-refractivity contribution in [2.24, 2.45) is 0 Å². The number of para-hydroxylation sites is 1. The van der Waals surface area contributed by atoms with Crippen LogP contribution in [0.5, 0.6) is 0 Å². The molecule has 0 aliphatic rings. The molecule has 0 radical (unpaired) electrons. The molecule has 3 heteroatoms. The Morgan fingerprint density at radius 1 is 1.10 bits per heavy atom. The third-order valence-corrected chi connectivity index (χ3v) is 3.92. The smallest absolute Gasteiger partial charge is 0.205 e. The van der Waals surface area contributed by atoms with Gasteiger partial charge in [0.15, 0.2) is 0 Å². The molecule has 3 nitrogen and oxygen atoms in total. The number of nitrogen functional groups attached to an aromatic ring is 1. The van der Waals surface area contributed by atoms with Crippen molar-refractivity contribution >= 4 is 17.0 Å². The van der Waals surface area contributed by atoms with Crippen molar-refractivity contribution in [3.8, 4) is 5.69 Å². The van der Waals surface area contributed by atoms with Gasteiger partial charge in [0.05, 0.1) is 11.0 Å². The lowest BCUT2D eigenvalue weighted by molar-refractivity contribution is 0.795. The van der Waals surface area contributed by atoms with Crippen LogP contribution < -0.4 is 5.73 Å². The van der Waals surface area contributed by atoms with Gasteiger partial charge in [0.25, 0.3) is 0 Å². The van der Waals surface area contributed by atoms with E-state index in [4.69, 9.17) is 5.73 Å². The molecule has 2 N–H and O–H groups in total. The summed E-state index contributed by atoms with van der Waals surface area (Å²) in [5.74, 6) is 0.542. The predicted octanol–water partition coefficient (Wildman–Crippen LogP) is 4.26. The van der Waals surface area contributed by atoms with Crippen LogP contribution in [0.15, 0.2) is 42.5 Å². The van der Waals surface area contributed by atoms with Crippen LogP contribution in [0.2, 0.25) is 0 Å². The summed E-state index contributed by atoms with van der Waals surface area (Å²) in [6.07, 6.45) is 3.59. The van der Waals surface area contributed by atoms with E-state index in [1.807, 2.05) is 16.7 Å². The molecule has 0 bridgehead atoms. The summed E-state index contributed by atoms with van der Waals surface area (Å²) in [6, 6.07) is 14.8. The molecule has 0 saturated carbocycles. The second-order valence-electron chi connectivity index (χ2n) is 5.52. The number of imidazole rings is 1. The van der Waals surface area contributed by atoms with Gasteiger partial charge in [-0.25, -0.2) is 4.98 Å². The summed E-state index contributed by atoms with van der Waals surface area (Å²) in [6.45, 7) is 4.31. The van der Waals surface area contributed by atoms with E-state index in [0.717, 1.165) is 23.1 Å². The summed E-state index contributed by atoms with van der Waals surface area (Å²) in [5, 5.41) is 0. The molecule has 0 fully saturated rings. The van der Waals surface area contributed by atoms with Gasteiger partial charge >= 0.3 is 0 Å². The Balaban J connectivity index is 2.06. The predicted molar refractivity (Wildman–Crippen MR) is 88.8 cm³/mol. The number of aryl methyl sites for hydroxylation is 2. The quantitative estimate of drug-likeness (QED) is 0.775. The minimum absolute atomic E-state index is 0.542. The number of anilines is 1. The molecule has 0 saturated heterocycles. The molecular formula is C18H21N3. The third kappa shape index (κ3) is 2.51. The average molecular weight is 279 g/mol. The van der Waals surface area contributed by atoms with Crippen LogP contribution in [0, 0.1) is 6.92 Å². The Labute approximate surface area is 125 Å². The molecule has 0 amide bonds. The fourth-order valence-electron chi connectivity index (χ4n) is 2.77. The minimum Gasteiger partial charge on any atom is -0.369 e. The summed E-state index contributed by atoms with van der Waals surface area (Å²) in [5.41, 5.74) is 11.8. The Morgan fingerprint density at radius 3 is 2.57 bits per heavy atom. The topological polar surface area (TPSA) is 43.8 Å². The molecule has 0 aliphatic carbocycles. The van der Waals surface area contributed by atoms with E-state index in [2.05, 4.69) is 49.2 Å². The Hall–Kier alpha value is -2.29. The second kappa shape index (κ2) is 5.60. The zero-order chi connectivity index (χ0) is 14.8. The molecule has 3 rings (SSSR count). The van der Waals surface area contributed by atoms with Crippen molar-refractivity contribution in [1.82, 2.24) is 9.55 Å². The van der Waals surface area contributed by atoms with Crippen molar-refractivity contribution in [3.05, 3.63) is 53.6 Å². The molecule has 21 heavy (non-hydrogen) atoms. The van der Waals surface area contributed by atoms with Gasteiger partial charge in [0.1, 0.15) is 0 Å². The van der Waals surface area contributed by atoms with Gasteiger partial charge < -0.3 is 5.73 Å². The number of nitrogens with two attached hydrogens (primary N) is 1. The molecule has 0 atom stereocenters. The second-order valence-corrected chi connectivity index (χ2v) is 5.52. The first-order chi connectivity index (χ1) is 10.2. The van der Waals surface area contributed by atoms with Gasteiger partial charge in [0.2, 0.25) is 5.95 Å². The highest BCUT2D eigenvalue weighted by molar-refractivity contribution is 5.83. The zero-order valence-electron chi connectivity index (χ0n) is 12.6. The molecule has 1 heterocycles. The van der Waals surface area contributed by atoms with Crippen molar-refractivity contribution in [1.29, 1.82) is 0 Å². The average Bonchev–Trinajstić information content (AvgIpc) is 2.83. The van der Waals surface area contributed by atoms with Crippen LogP contribution in [0.3, 0.4) is 0 Å². The third-order valence-electron chi connectivity index (χ3n) is 3.92. The van der Waals surface area contributed by atoms with E-state index in [0.29, 0.717) is 5.95 Å². The zero-order valence-corrected chi connectivity index (χ0v) is 12.6. The van der Waals surface area contributed by atoms with Crippen molar-refractivity contribution in [2.75, 3.05) is 5.73 Å². The van der Waals surface area contributed by atoms with Crippen LogP contribution in [0.25, 0.3) is 16.7 Å². The SMILES string of the molecule is CCCCc1ccc(-n2c(N)nc3cccc(C)c32)cc1. The normalized spacial score (nSPS) is 11.1. The highest BCUT2D eigenvalue weighted by atomic mass is 15.2. The van der Waals surface area contributed by atoms with Gasteiger partial charge in [-0.3, -0.25) is 4.57 Å². The number of hydrogen-bond acceptors (Lipinski definition) is 2. The van der Waals surface area contributed by atoms with E-state index in [1.54, 1.807) is 0 Å². The first-order valence-corrected chi connectivity index (χ1v) is 7.53. The van der Waals surface area contributed by atoms with Gasteiger partial charge in [-0.2, -0.15) is 0 Å². The summed E-state index contributed by atoms with van der Waals surface area (Å²) < 4.78 is 2.04. The van der Waals surface area contributed by atoms with Gasteiger partial charge in [-0.05, 0) is 49.1 Å². The van der Waals surface area contributed by atoms with Gasteiger partial charge in [-0.15, -0.1) is 0 Å².